The fourth-order valence-corrected chi connectivity index (χ4v) is 14.6. The Morgan fingerprint density at radius 3 is 1.83 bits per heavy atom. The van der Waals surface area contributed by atoms with Gasteiger partial charge in [-0.2, -0.15) is 23.5 Å². The topological polar surface area (TPSA) is 27.7 Å². The SMILES string of the molecule is CCO[Si](C)(CCO[Si](C)(C)CO[Si](C)(CC)CSC)CSC. The van der Waals surface area contributed by atoms with Crippen LogP contribution in [0.4, 0.5) is 0 Å². The third kappa shape index (κ3) is 10.7. The maximum absolute atomic E-state index is 6.39. The van der Waals surface area contributed by atoms with Gasteiger partial charge < -0.3 is 13.3 Å². The number of rotatable bonds is 14. The van der Waals surface area contributed by atoms with Crippen LogP contribution in [0.15, 0.2) is 0 Å². The first-order valence-electron chi connectivity index (χ1n) is 8.55. The molecule has 0 radical (unpaired) electrons. The molecule has 0 spiro atoms. The molecule has 0 aliphatic rings. The lowest BCUT2D eigenvalue weighted by molar-refractivity contribution is 0.268. The summed E-state index contributed by atoms with van der Waals surface area (Å²) in [5.41, 5.74) is 0. The van der Waals surface area contributed by atoms with Gasteiger partial charge in [-0.05, 0) is 57.7 Å². The Morgan fingerprint density at radius 1 is 0.783 bits per heavy atom. The van der Waals surface area contributed by atoms with Crippen LogP contribution in [0.1, 0.15) is 13.8 Å². The van der Waals surface area contributed by atoms with Crippen LogP contribution < -0.4 is 0 Å². The molecule has 0 amide bonds. The van der Waals surface area contributed by atoms with Crippen molar-refractivity contribution in [2.24, 2.45) is 0 Å². The van der Waals surface area contributed by atoms with E-state index in [1.54, 1.807) is 0 Å². The molecule has 140 valence electrons. The second-order valence-corrected chi connectivity index (χ2v) is 22.3. The van der Waals surface area contributed by atoms with Crippen LogP contribution >= 0.6 is 23.5 Å². The minimum absolute atomic E-state index is 0.822. The largest absolute Gasteiger partial charge is 0.417 e. The molecule has 0 bridgehead atoms. The lowest BCUT2D eigenvalue weighted by atomic mass is 10.9. The molecular weight excluding hydrogens is 377 g/mol. The normalized spacial score (nSPS) is 17.7. The van der Waals surface area contributed by atoms with Crippen molar-refractivity contribution in [3.8, 4) is 0 Å². The molecule has 0 aromatic heterocycles. The Morgan fingerprint density at radius 2 is 1.35 bits per heavy atom. The predicted octanol–water partition coefficient (Wildman–Crippen LogP) is 4.78. The smallest absolute Gasteiger partial charge is 0.210 e. The third-order valence-corrected chi connectivity index (χ3v) is 17.9. The minimum Gasteiger partial charge on any atom is -0.417 e. The summed E-state index contributed by atoms with van der Waals surface area (Å²) < 4.78 is 18.8. The molecule has 2 unspecified atom stereocenters. The molecule has 0 saturated heterocycles. The molecule has 0 aliphatic carbocycles. The molecule has 2 atom stereocenters. The lowest BCUT2D eigenvalue weighted by Gasteiger charge is -2.32. The highest BCUT2D eigenvalue weighted by Gasteiger charge is 2.33. The molecule has 0 aromatic carbocycles. The van der Waals surface area contributed by atoms with Crippen LogP contribution in [-0.4, -0.2) is 67.7 Å². The molecule has 0 saturated carbocycles. The van der Waals surface area contributed by atoms with Gasteiger partial charge in [0.1, 0.15) is 0 Å². The first kappa shape index (κ1) is 24.2. The average Bonchev–Trinajstić information content (AvgIpc) is 2.46. The molecule has 8 heteroatoms. The first-order valence-corrected chi connectivity index (χ1v) is 20.1. The third-order valence-electron chi connectivity index (χ3n) is 4.03. The Kier molecular flexibility index (Phi) is 12.4. The number of hydrogen-bond acceptors (Lipinski definition) is 5. The van der Waals surface area contributed by atoms with Crippen molar-refractivity contribution in [2.75, 3.05) is 42.7 Å². The Labute approximate surface area is 156 Å². The second-order valence-electron chi connectivity index (χ2n) is 7.20. The molecule has 0 rings (SSSR count). The van der Waals surface area contributed by atoms with Crippen molar-refractivity contribution >= 4 is 48.5 Å². The van der Waals surface area contributed by atoms with E-state index in [1.807, 2.05) is 23.5 Å². The van der Waals surface area contributed by atoms with E-state index in [1.165, 1.54) is 11.4 Å². The summed E-state index contributed by atoms with van der Waals surface area (Å²) in [7, 11) is -4.88. The fourth-order valence-electron chi connectivity index (χ4n) is 2.32. The summed E-state index contributed by atoms with van der Waals surface area (Å²) in [4.78, 5) is 0. The molecule has 0 N–H and O–H groups in total. The van der Waals surface area contributed by atoms with Crippen molar-refractivity contribution in [3.05, 3.63) is 0 Å². The van der Waals surface area contributed by atoms with Crippen LogP contribution in [0.2, 0.25) is 38.3 Å². The van der Waals surface area contributed by atoms with E-state index in [0.717, 1.165) is 30.9 Å². The van der Waals surface area contributed by atoms with E-state index in [-0.39, 0.29) is 0 Å². The summed E-state index contributed by atoms with van der Waals surface area (Å²) >= 11 is 3.81. The maximum Gasteiger partial charge on any atom is 0.210 e. The van der Waals surface area contributed by atoms with Gasteiger partial charge in [0, 0.05) is 24.0 Å². The first-order chi connectivity index (χ1) is 10.7. The summed E-state index contributed by atoms with van der Waals surface area (Å²) in [6, 6.07) is 2.27. The molecular formula is C15H38O3S2Si3. The lowest BCUT2D eigenvalue weighted by Crippen LogP contribution is -2.47. The van der Waals surface area contributed by atoms with Gasteiger partial charge in [0.2, 0.25) is 16.6 Å². The molecule has 0 aromatic rings. The highest BCUT2D eigenvalue weighted by molar-refractivity contribution is 8.00. The quantitative estimate of drug-likeness (QED) is 0.381. The summed E-state index contributed by atoms with van der Waals surface area (Å²) in [6.07, 6.45) is 5.17. The van der Waals surface area contributed by atoms with Gasteiger partial charge in [0.15, 0.2) is 8.32 Å². The van der Waals surface area contributed by atoms with Crippen molar-refractivity contribution in [3.63, 3.8) is 0 Å². The summed E-state index contributed by atoms with van der Waals surface area (Å²) in [5, 5.41) is 2.33. The van der Waals surface area contributed by atoms with Gasteiger partial charge in [0.05, 0.1) is 6.23 Å². The standard InChI is InChI=1S/C15H38O3S2Si3/c1-9-16-23(8,15-20-4)12-11-17-21(5,6)13-18-22(7,10-2)14-19-3/h9-15H2,1-8H3. The minimum atomic E-state index is -1.74. The van der Waals surface area contributed by atoms with Gasteiger partial charge >= 0.3 is 0 Å². The van der Waals surface area contributed by atoms with Gasteiger partial charge in [-0.15, -0.1) is 0 Å². The number of thioether (sulfide) groups is 2. The molecule has 0 fully saturated rings. The fraction of sp³-hybridized carbons (Fsp3) is 1.00. The van der Waals surface area contributed by atoms with E-state index in [0.29, 0.717) is 0 Å². The Hall–Kier alpha value is 1.23. The zero-order valence-corrected chi connectivity index (χ0v) is 21.1. The Balaban J connectivity index is 4.35. The maximum atomic E-state index is 6.39. The monoisotopic (exact) mass is 414 g/mol. The molecule has 0 heterocycles. The summed E-state index contributed by atoms with van der Waals surface area (Å²) in [5.74, 6) is 0. The Bertz CT molecular complexity index is 316. The van der Waals surface area contributed by atoms with Crippen LogP contribution in [0.25, 0.3) is 0 Å². The zero-order chi connectivity index (χ0) is 18.0. The van der Waals surface area contributed by atoms with E-state index in [4.69, 9.17) is 13.3 Å². The van der Waals surface area contributed by atoms with Gasteiger partial charge in [-0.3, -0.25) is 0 Å². The van der Waals surface area contributed by atoms with Crippen molar-refractivity contribution in [1.29, 1.82) is 0 Å². The molecule has 3 nitrogen and oxygen atoms in total. The average molecular weight is 415 g/mol. The van der Waals surface area contributed by atoms with E-state index >= 15 is 0 Å². The van der Waals surface area contributed by atoms with Crippen LogP contribution in [-0.2, 0) is 13.3 Å². The van der Waals surface area contributed by atoms with Gasteiger partial charge in [-0.25, -0.2) is 0 Å². The second kappa shape index (κ2) is 11.8. The highest BCUT2D eigenvalue weighted by atomic mass is 32.2. The van der Waals surface area contributed by atoms with Gasteiger partial charge in [0.25, 0.3) is 0 Å². The zero-order valence-electron chi connectivity index (χ0n) is 16.5. The van der Waals surface area contributed by atoms with Crippen LogP contribution in [0.5, 0.6) is 0 Å². The van der Waals surface area contributed by atoms with Gasteiger partial charge in [-0.1, -0.05) is 6.92 Å². The van der Waals surface area contributed by atoms with Crippen LogP contribution in [0, 0.1) is 0 Å². The van der Waals surface area contributed by atoms with Crippen molar-refractivity contribution < 1.29 is 13.3 Å². The molecule has 0 aliphatic heterocycles. The van der Waals surface area contributed by atoms with Crippen LogP contribution in [0.3, 0.4) is 0 Å². The van der Waals surface area contributed by atoms with Crippen molar-refractivity contribution in [1.82, 2.24) is 0 Å². The predicted molar refractivity (Wildman–Crippen MR) is 116 cm³/mol. The van der Waals surface area contributed by atoms with E-state index in [2.05, 4.69) is 52.5 Å². The van der Waals surface area contributed by atoms with E-state index < -0.39 is 25.0 Å². The highest BCUT2D eigenvalue weighted by Crippen LogP contribution is 2.21. The number of hydrogen-bond donors (Lipinski definition) is 0. The van der Waals surface area contributed by atoms with Crippen molar-refractivity contribution in [2.45, 2.75) is 52.1 Å². The van der Waals surface area contributed by atoms with E-state index in [9.17, 15) is 0 Å². The molecule has 23 heavy (non-hydrogen) atoms. The summed E-state index contributed by atoms with van der Waals surface area (Å²) in [6.45, 7) is 15.3.